The minimum absolute atomic E-state index is 0.123. The van der Waals surface area contributed by atoms with Gasteiger partial charge in [0, 0.05) is 0 Å². The third-order valence-electron chi connectivity index (χ3n) is 2.10. The van der Waals surface area contributed by atoms with Gasteiger partial charge < -0.3 is 10.8 Å². The zero-order valence-corrected chi connectivity index (χ0v) is 9.29. The largest absolute Gasteiger partial charge is 0.501 e. The smallest absolute Gasteiger partial charge is 0.394 e. The van der Waals surface area contributed by atoms with E-state index < -0.39 is 32.9 Å². The Morgan fingerprint density at radius 2 is 1.94 bits per heavy atom. The highest BCUT2D eigenvalue weighted by atomic mass is 32.2. The molecule has 0 amide bonds. The van der Waals surface area contributed by atoms with Gasteiger partial charge in [0.2, 0.25) is 0 Å². The first-order chi connectivity index (χ1) is 7.70. The van der Waals surface area contributed by atoms with Crippen LogP contribution in [0.1, 0.15) is 11.6 Å². The van der Waals surface area contributed by atoms with E-state index in [1.165, 1.54) is 6.07 Å². The van der Waals surface area contributed by atoms with Crippen molar-refractivity contribution in [2.75, 3.05) is 6.61 Å². The minimum Gasteiger partial charge on any atom is -0.394 e. The Kier molecular flexibility index (Phi) is 3.80. The van der Waals surface area contributed by atoms with Crippen LogP contribution < -0.4 is 5.73 Å². The molecular formula is C9H10F3NO3S. The standard InChI is InChI=1S/C9H10F3NO3S/c10-9(11,12)17(15,16)7-3-1-2-6(4-7)8(13)5-14/h1-4,8,14H,5,13H2/t8-/m0/s1. The Labute approximate surface area is 95.8 Å². The number of benzene rings is 1. The molecule has 0 unspecified atom stereocenters. The average molecular weight is 269 g/mol. The van der Waals surface area contributed by atoms with Gasteiger partial charge in [-0.2, -0.15) is 13.2 Å². The van der Waals surface area contributed by atoms with Gasteiger partial charge in [0.25, 0.3) is 9.84 Å². The van der Waals surface area contributed by atoms with Crippen molar-refractivity contribution in [1.29, 1.82) is 0 Å². The lowest BCUT2D eigenvalue weighted by Gasteiger charge is -2.12. The summed E-state index contributed by atoms with van der Waals surface area (Å²) in [4.78, 5) is -0.883. The predicted molar refractivity (Wildman–Crippen MR) is 53.7 cm³/mol. The molecule has 4 nitrogen and oxygen atoms in total. The van der Waals surface area contributed by atoms with Crippen molar-refractivity contribution in [2.24, 2.45) is 5.73 Å². The molecule has 0 aliphatic carbocycles. The first-order valence-corrected chi connectivity index (χ1v) is 5.96. The summed E-state index contributed by atoms with van der Waals surface area (Å²) in [6.45, 7) is -0.491. The number of hydrogen-bond acceptors (Lipinski definition) is 4. The molecule has 1 aromatic carbocycles. The van der Waals surface area contributed by atoms with Crippen LogP contribution in [-0.2, 0) is 9.84 Å². The van der Waals surface area contributed by atoms with Gasteiger partial charge in [0.1, 0.15) is 0 Å². The molecule has 1 aromatic rings. The van der Waals surface area contributed by atoms with E-state index in [1.54, 1.807) is 0 Å². The lowest BCUT2D eigenvalue weighted by atomic mass is 10.1. The van der Waals surface area contributed by atoms with E-state index in [0.29, 0.717) is 0 Å². The fourth-order valence-corrected chi connectivity index (χ4v) is 1.97. The van der Waals surface area contributed by atoms with E-state index in [2.05, 4.69) is 0 Å². The van der Waals surface area contributed by atoms with Gasteiger partial charge in [0.05, 0.1) is 17.5 Å². The molecule has 0 fully saturated rings. The molecule has 3 N–H and O–H groups in total. The van der Waals surface area contributed by atoms with E-state index in [1.807, 2.05) is 0 Å². The van der Waals surface area contributed by atoms with Gasteiger partial charge in [-0.1, -0.05) is 12.1 Å². The van der Waals surface area contributed by atoms with Crippen LogP contribution in [0.3, 0.4) is 0 Å². The summed E-state index contributed by atoms with van der Waals surface area (Å²) >= 11 is 0. The van der Waals surface area contributed by atoms with Crippen molar-refractivity contribution in [3.8, 4) is 0 Å². The van der Waals surface area contributed by atoms with Crippen molar-refractivity contribution in [3.63, 3.8) is 0 Å². The molecule has 0 radical (unpaired) electrons. The minimum atomic E-state index is -5.38. The summed E-state index contributed by atoms with van der Waals surface area (Å²) in [5.74, 6) is 0. The molecule has 17 heavy (non-hydrogen) atoms. The predicted octanol–water partition coefficient (Wildman–Crippen LogP) is 0.972. The van der Waals surface area contributed by atoms with E-state index in [0.717, 1.165) is 18.2 Å². The van der Waals surface area contributed by atoms with Gasteiger partial charge >= 0.3 is 5.51 Å². The summed E-state index contributed by atoms with van der Waals surface area (Å²) in [6, 6.07) is 3.21. The van der Waals surface area contributed by atoms with Crippen LogP contribution in [0.2, 0.25) is 0 Å². The van der Waals surface area contributed by atoms with Crippen LogP contribution in [0.15, 0.2) is 29.2 Å². The number of halogens is 3. The van der Waals surface area contributed by atoms with Crippen molar-refractivity contribution in [1.82, 2.24) is 0 Å². The molecule has 0 saturated heterocycles. The summed E-state index contributed by atoms with van der Waals surface area (Å²) < 4.78 is 59.0. The summed E-state index contributed by atoms with van der Waals surface area (Å²) in [5, 5.41) is 8.75. The second-order valence-corrected chi connectivity index (χ2v) is 5.25. The van der Waals surface area contributed by atoms with Gasteiger partial charge in [-0.05, 0) is 17.7 Å². The van der Waals surface area contributed by atoms with Gasteiger partial charge in [-0.15, -0.1) is 0 Å². The van der Waals surface area contributed by atoms with E-state index in [-0.39, 0.29) is 5.56 Å². The van der Waals surface area contributed by atoms with Crippen LogP contribution in [-0.4, -0.2) is 25.6 Å². The van der Waals surface area contributed by atoms with E-state index in [4.69, 9.17) is 10.8 Å². The second kappa shape index (κ2) is 4.63. The molecule has 0 saturated carbocycles. The zero-order valence-electron chi connectivity index (χ0n) is 8.48. The lowest BCUT2D eigenvalue weighted by Crippen LogP contribution is -2.24. The lowest BCUT2D eigenvalue weighted by molar-refractivity contribution is -0.0436. The van der Waals surface area contributed by atoms with Crippen LogP contribution in [0, 0.1) is 0 Å². The zero-order chi connectivity index (χ0) is 13.3. The van der Waals surface area contributed by atoms with E-state index in [9.17, 15) is 21.6 Å². The Bertz CT molecular complexity index is 498. The van der Waals surface area contributed by atoms with Gasteiger partial charge in [0.15, 0.2) is 0 Å². The molecule has 1 atom stereocenters. The third-order valence-corrected chi connectivity index (χ3v) is 3.58. The van der Waals surface area contributed by atoms with Crippen molar-refractivity contribution in [2.45, 2.75) is 16.4 Å². The molecule has 0 heterocycles. The topological polar surface area (TPSA) is 80.4 Å². The molecule has 96 valence electrons. The number of aliphatic hydroxyl groups excluding tert-OH is 1. The van der Waals surface area contributed by atoms with E-state index >= 15 is 0 Å². The summed E-state index contributed by atoms with van der Waals surface area (Å²) in [5.41, 5.74) is 0.160. The maximum absolute atomic E-state index is 12.3. The highest BCUT2D eigenvalue weighted by Crippen LogP contribution is 2.30. The molecule has 0 aliphatic heterocycles. The first-order valence-electron chi connectivity index (χ1n) is 4.48. The molecular weight excluding hydrogens is 259 g/mol. The van der Waals surface area contributed by atoms with Crippen LogP contribution in [0.4, 0.5) is 13.2 Å². The molecule has 0 bridgehead atoms. The molecule has 8 heteroatoms. The number of rotatable bonds is 3. The van der Waals surface area contributed by atoms with Crippen LogP contribution in [0.5, 0.6) is 0 Å². The SMILES string of the molecule is N[C@@H](CO)c1cccc(S(=O)(=O)C(F)(F)F)c1. The van der Waals surface area contributed by atoms with Crippen molar-refractivity contribution in [3.05, 3.63) is 29.8 Å². The van der Waals surface area contributed by atoms with Crippen molar-refractivity contribution >= 4 is 9.84 Å². The Hall–Kier alpha value is -1.12. The first kappa shape index (κ1) is 13.9. The Morgan fingerprint density at radius 3 is 2.41 bits per heavy atom. The number of hydrogen-bond donors (Lipinski definition) is 2. The molecule has 1 rings (SSSR count). The fourth-order valence-electron chi connectivity index (χ4n) is 1.15. The fraction of sp³-hybridized carbons (Fsp3) is 0.333. The van der Waals surface area contributed by atoms with Gasteiger partial charge in [-0.25, -0.2) is 8.42 Å². The summed E-state index contributed by atoms with van der Waals surface area (Å²) in [6.07, 6.45) is 0. The maximum Gasteiger partial charge on any atom is 0.501 e. The normalized spacial score (nSPS) is 14.6. The Morgan fingerprint density at radius 1 is 1.35 bits per heavy atom. The maximum atomic E-state index is 12.3. The molecule has 0 aliphatic rings. The Balaban J connectivity index is 3.26. The quantitative estimate of drug-likeness (QED) is 0.857. The van der Waals surface area contributed by atoms with Gasteiger partial charge in [-0.3, -0.25) is 0 Å². The molecule has 0 spiro atoms. The number of nitrogens with two attached hydrogens (primary N) is 1. The monoisotopic (exact) mass is 269 g/mol. The number of sulfone groups is 1. The molecule has 0 aromatic heterocycles. The number of alkyl halides is 3. The number of aliphatic hydroxyl groups is 1. The van der Waals surface area contributed by atoms with Crippen LogP contribution in [0.25, 0.3) is 0 Å². The van der Waals surface area contributed by atoms with Crippen molar-refractivity contribution < 1.29 is 26.7 Å². The van der Waals surface area contributed by atoms with Crippen LogP contribution >= 0.6 is 0 Å². The average Bonchev–Trinajstić information content (AvgIpc) is 2.26. The highest BCUT2D eigenvalue weighted by Gasteiger charge is 2.46. The summed E-state index contributed by atoms with van der Waals surface area (Å²) in [7, 11) is -5.38. The third kappa shape index (κ3) is 2.76. The highest BCUT2D eigenvalue weighted by molar-refractivity contribution is 7.92. The second-order valence-electron chi connectivity index (χ2n) is 3.31.